The Morgan fingerprint density at radius 1 is 1.10 bits per heavy atom. The van der Waals surface area contributed by atoms with Crippen LogP contribution in [0.25, 0.3) is 11.0 Å². The molecule has 0 aliphatic carbocycles. The molecule has 0 aliphatic heterocycles. The van der Waals surface area contributed by atoms with Gasteiger partial charge in [0.15, 0.2) is 5.82 Å². The normalized spacial score (nSPS) is 12.0. The second kappa shape index (κ2) is 12.0. The molecule has 4 aromatic rings. The lowest BCUT2D eigenvalue weighted by Gasteiger charge is -2.17. The van der Waals surface area contributed by atoms with Crippen LogP contribution in [0.4, 0.5) is 29.1 Å². The summed E-state index contributed by atoms with van der Waals surface area (Å²) in [5.41, 5.74) is 1.69. The summed E-state index contributed by atoms with van der Waals surface area (Å²) in [6, 6.07) is 12.1. The fourth-order valence-corrected chi connectivity index (χ4v) is 3.99. The van der Waals surface area contributed by atoms with Crippen molar-refractivity contribution in [3.63, 3.8) is 0 Å². The van der Waals surface area contributed by atoms with Gasteiger partial charge in [-0.15, -0.1) is 0 Å². The van der Waals surface area contributed by atoms with Crippen LogP contribution in [0.1, 0.15) is 25.8 Å². The Hall–Kier alpha value is -4.39. The van der Waals surface area contributed by atoms with E-state index in [1.165, 1.54) is 18.5 Å². The van der Waals surface area contributed by atoms with Gasteiger partial charge in [0.05, 0.1) is 17.5 Å². The van der Waals surface area contributed by atoms with Crippen molar-refractivity contribution in [3.05, 3.63) is 66.6 Å². The number of hydrogen-bond donors (Lipinski definition) is 3. The average molecular weight is 576 g/mol. The summed E-state index contributed by atoms with van der Waals surface area (Å²) in [5, 5.41) is 15.9. The van der Waals surface area contributed by atoms with Gasteiger partial charge in [0.2, 0.25) is 5.91 Å². The first-order valence-corrected chi connectivity index (χ1v) is 12.6. The maximum absolute atomic E-state index is 13.3. The van der Waals surface area contributed by atoms with Crippen LogP contribution in [-0.4, -0.2) is 50.2 Å². The van der Waals surface area contributed by atoms with Crippen LogP contribution in [0.2, 0.25) is 0 Å². The Morgan fingerprint density at radius 3 is 2.56 bits per heavy atom. The van der Waals surface area contributed by atoms with E-state index in [1.807, 2.05) is 16.8 Å². The largest absolute Gasteiger partial charge is 0.461 e. The number of aryl methyl sites for hydroxylation is 1. The third kappa shape index (κ3) is 7.84. The number of rotatable bonds is 12. The minimum Gasteiger partial charge on any atom is -0.457 e. The number of halogens is 4. The van der Waals surface area contributed by atoms with E-state index >= 15 is 0 Å². The zero-order valence-electron chi connectivity index (χ0n) is 22.5. The number of fused-ring (bicyclic) bond motifs is 1. The van der Waals surface area contributed by atoms with Crippen molar-refractivity contribution in [1.82, 2.24) is 19.9 Å². The highest BCUT2D eigenvalue weighted by atomic mass is 19.3. The maximum Gasteiger partial charge on any atom is 0.461 e. The van der Waals surface area contributed by atoms with Gasteiger partial charge in [-0.25, -0.2) is 9.97 Å². The first kappa shape index (κ1) is 29.6. The number of ether oxygens (including phenoxy) is 2. The zero-order valence-corrected chi connectivity index (χ0v) is 22.5. The standard InChI is InChI=1S/C28H29F4N5O4/c1-17-13-18(7-8-22(17)40-19-5-4-6-20(14-19)41-28(31,32)26(29)30)36-25-24-21(34-16-35-25)9-11-37(24)12-10-33-23(38)15-27(2,3)39/h4-9,11,13-14,16,26,39H,10,12,15H2,1-3H3,(H,33,38)(H,34,35,36). The molecule has 0 unspecified atom stereocenters. The fourth-order valence-electron chi connectivity index (χ4n) is 3.99. The number of nitrogens with zero attached hydrogens (tertiary/aromatic N) is 3. The maximum atomic E-state index is 13.3. The zero-order chi connectivity index (χ0) is 29.8. The van der Waals surface area contributed by atoms with Crippen LogP contribution in [0.15, 0.2) is 61.1 Å². The van der Waals surface area contributed by atoms with E-state index in [2.05, 4.69) is 25.3 Å². The van der Waals surface area contributed by atoms with E-state index in [0.717, 1.165) is 17.6 Å². The van der Waals surface area contributed by atoms with E-state index in [-0.39, 0.29) is 18.1 Å². The molecule has 9 nitrogen and oxygen atoms in total. The smallest absolute Gasteiger partial charge is 0.457 e. The fraction of sp³-hybridized carbons (Fsp3) is 0.321. The molecule has 2 aromatic carbocycles. The van der Waals surface area contributed by atoms with Gasteiger partial charge in [0, 0.05) is 31.0 Å². The summed E-state index contributed by atoms with van der Waals surface area (Å²) < 4.78 is 63.3. The van der Waals surface area contributed by atoms with Crippen molar-refractivity contribution in [2.24, 2.45) is 0 Å². The summed E-state index contributed by atoms with van der Waals surface area (Å²) in [6.45, 7) is 5.70. The van der Waals surface area contributed by atoms with Crippen LogP contribution in [0, 0.1) is 6.92 Å². The number of aromatic nitrogens is 3. The van der Waals surface area contributed by atoms with Crippen LogP contribution in [-0.2, 0) is 11.3 Å². The van der Waals surface area contributed by atoms with Crippen LogP contribution >= 0.6 is 0 Å². The molecule has 0 atom stereocenters. The Labute approximate surface area is 233 Å². The highest BCUT2D eigenvalue weighted by molar-refractivity contribution is 5.88. The van der Waals surface area contributed by atoms with Gasteiger partial charge in [-0.1, -0.05) is 6.07 Å². The monoisotopic (exact) mass is 575 g/mol. The quantitative estimate of drug-likeness (QED) is 0.184. The predicted molar refractivity (Wildman–Crippen MR) is 144 cm³/mol. The van der Waals surface area contributed by atoms with Crippen molar-refractivity contribution in [2.75, 3.05) is 11.9 Å². The number of alkyl halides is 4. The highest BCUT2D eigenvalue weighted by Crippen LogP contribution is 2.33. The van der Waals surface area contributed by atoms with Crippen LogP contribution in [0.5, 0.6) is 17.2 Å². The average Bonchev–Trinajstić information content (AvgIpc) is 3.28. The van der Waals surface area contributed by atoms with Crippen LogP contribution in [0.3, 0.4) is 0 Å². The van der Waals surface area contributed by atoms with Gasteiger partial charge < -0.3 is 29.8 Å². The third-order valence-electron chi connectivity index (χ3n) is 5.80. The molecule has 0 fully saturated rings. The molecule has 1 amide bonds. The number of aliphatic hydroxyl groups is 1. The van der Waals surface area contributed by atoms with E-state index in [9.17, 15) is 27.5 Å². The topological polar surface area (TPSA) is 111 Å². The van der Waals surface area contributed by atoms with Crippen molar-refractivity contribution >= 4 is 28.4 Å². The molecule has 218 valence electrons. The van der Waals surface area contributed by atoms with Gasteiger partial charge in [0.25, 0.3) is 0 Å². The van der Waals surface area contributed by atoms with Gasteiger partial charge in [-0.2, -0.15) is 17.6 Å². The number of carbonyl (C=O) groups excluding carboxylic acids is 1. The lowest BCUT2D eigenvalue weighted by molar-refractivity contribution is -0.253. The molecule has 2 heterocycles. The molecular weight excluding hydrogens is 546 g/mol. The molecule has 0 bridgehead atoms. The minimum atomic E-state index is -4.63. The third-order valence-corrected chi connectivity index (χ3v) is 5.80. The molecule has 0 saturated carbocycles. The number of benzene rings is 2. The van der Waals surface area contributed by atoms with Crippen molar-refractivity contribution < 1.29 is 36.9 Å². The van der Waals surface area contributed by atoms with E-state index in [4.69, 9.17) is 4.74 Å². The Balaban J connectivity index is 1.45. The van der Waals surface area contributed by atoms with Crippen molar-refractivity contribution in [2.45, 2.75) is 51.9 Å². The van der Waals surface area contributed by atoms with Crippen molar-refractivity contribution in [1.29, 1.82) is 0 Å². The van der Waals surface area contributed by atoms with Gasteiger partial charge in [-0.05, 0) is 62.7 Å². The summed E-state index contributed by atoms with van der Waals surface area (Å²) >= 11 is 0. The molecule has 0 spiro atoms. The second-order valence-corrected chi connectivity index (χ2v) is 9.95. The molecule has 4 rings (SSSR count). The van der Waals surface area contributed by atoms with E-state index < -0.39 is 23.9 Å². The molecule has 3 N–H and O–H groups in total. The van der Waals surface area contributed by atoms with Gasteiger partial charge in [-0.3, -0.25) is 4.79 Å². The summed E-state index contributed by atoms with van der Waals surface area (Å²) in [5.74, 6) is 0.344. The summed E-state index contributed by atoms with van der Waals surface area (Å²) in [6.07, 6.45) is -5.35. The molecular formula is C28H29F4N5O4. The second-order valence-electron chi connectivity index (χ2n) is 9.95. The lowest BCUT2D eigenvalue weighted by Crippen LogP contribution is -2.33. The predicted octanol–water partition coefficient (Wildman–Crippen LogP) is 5.79. The molecule has 0 aliphatic rings. The molecule has 0 saturated heterocycles. The van der Waals surface area contributed by atoms with Crippen LogP contribution < -0.4 is 20.1 Å². The number of nitrogens with one attached hydrogen (secondary N) is 2. The number of hydrogen-bond acceptors (Lipinski definition) is 7. The summed E-state index contributed by atoms with van der Waals surface area (Å²) in [7, 11) is 0. The highest BCUT2D eigenvalue weighted by Gasteiger charge is 2.44. The van der Waals surface area contributed by atoms with E-state index in [0.29, 0.717) is 41.4 Å². The number of amides is 1. The van der Waals surface area contributed by atoms with E-state index in [1.54, 1.807) is 39.0 Å². The SMILES string of the molecule is Cc1cc(Nc2ncnc3ccn(CCNC(=O)CC(C)(C)O)c23)ccc1Oc1cccc(OC(F)(F)C(F)F)c1. The lowest BCUT2D eigenvalue weighted by atomic mass is 10.1. The summed E-state index contributed by atoms with van der Waals surface area (Å²) in [4.78, 5) is 20.7. The van der Waals surface area contributed by atoms with Gasteiger partial charge >= 0.3 is 12.5 Å². The minimum absolute atomic E-state index is 0.0116. The Morgan fingerprint density at radius 2 is 1.85 bits per heavy atom. The molecule has 0 radical (unpaired) electrons. The first-order valence-electron chi connectivity index (χ1n) is 12.6. The number of carbonyl (C=O) groups is 1. The molecule has 41 heavy (non-hydrogen) atoms. The molecule has 2 aromatic heterocycles. The van der Waals surface area contributed by atoms with Crippen molar-refractivity contribution in [3.8, 4) is 17.2 Å². The Kier molecular flexibility index (Phi) is 8.66. The number of anilines is 2. The first-order chi connectivity index (χ1) is 19.3. The molecule has 13 heteroatoms. The Bertz CT molecular complexity index is 1520. The van der Waals surface area contributed by atoms with Gasteiger partial charge in [0.1, 0.15) is 29.1 Å².